The molecule has 0 aliphatic carbocycles. The number of halogens is 5. The number of hydrogen-bond donors (Lipinski definition) is 0. The van der Waals surface area contributed by atoms with E-state index in [0.29, 0.717) is 0 Å². The van der Waals surface area contributed by atoms with Gasteiger partial charge in [-0.25, -0.2) is 0 Å². The molecule has 0 aliphatic rings. The summed E-state index contributed by atoms with van der Waals surface area (Å²) in [6.07, 6.45) is -4.84. The van der Waals surface area contributed by atoms with Crippen LogP contribution in [0.25, 0.3) is 0 Å². The molecule has 78 valence electrons. The van der Waals surface area contributed by atoms with Gasteiger partial charge in [-0.2, -0.15) is 13.2 Å². The molecule has 0 atom stereocenters. The maximum atomic E-state index is 12.1. The maximum absolute atomic E-state index is 12.1. The van der Waals surface area contributed by atoms with Gasteiger partial charge in [-0.1, -0.05) is 18.2 Å². The van der Waals surface area contributed by atoms with Crippen molar-refractivity contribution in [1.82, 2.24) is 0 Å². The van der Waals surface area contributed by atoms with E-state index in [0.717, 1.165) is 0 Å². The molecular formula is C8H5Cl2F3O. The first-order chi connectivity index (χ1) is 6.33. The summed E-state index contributed by atoms with van der Waals surface area (Å²) < 4.78 is 37.5. The van der Waals surface area contributed by atoms with Gasteiger partial charge in [0.1, 0.15) is 5.75 Å². The molecule has 0 spiro atoms. The Balaban J connectivity index is 2.79. The Labute approximate surface area is 88.4 Å². The second-order valence-corrected chi connectivity index (χ2v) is 3.69. The molecule has 1 rings (SSSR count). The van der Waals surface area contributed by atoms with Crippen molar-refractivity contribution in [2.24, 2.45) is 0 Å². The van der Waals surface area contributed by atoms with Crippen LogP contribution in [0.3, 0.4) is 0 Å². The Kier molecular flexibility index (Phi) is 3.17. The third kappa shape index (κ3) is 2.69. The normalized spacial score (nSPS) is 12.6. The van der Waals surface area contributed by atoms with E-state index in [1.807, 2.05) is 0 Å². The molecule has 0 fully saturated rings. The molecule has 0 aliphatic heterocycles. The molecule has 0 saturated heterocycles. The second kappa shape index (κ2) is 3.87. The van der Waals surface area contributed by atoms with Crippen molar-refractivity contribution in [3.63, 3.8) is 0 Å². The lowest BCUT2D eigenvalue weighted by Crippen LogP contribution is -2.39. The van der Waals surface area contributed by atoms with E-state index in [1.165, 1.54) is 24.3 Å². The van der Waals surface area contributed by atoms with Crippen LogP contribution in [0.1, 0.15) is 0 Å². The summed E-state index contributed by atoms with van der Waals surface area (Å²) in [5.41, 5.74) is 0. The SMILES string of the molecule is FC(F)(F)C(Cl)(Cl)Oc1ccccc1. The number of ether oxygens (including phenoxy) is 1. The van der Waals surface area contributed by atoms with E-state index < -0.39 is 10.7 Å². The molecule has 0 heterocycles. The van der Waals surface area contributed by atoms with Crippen molar-refractivity contribution in [2.75, 3.05) is 0 Å². The molecule has 0 radical (unpaired) electrons. The minimum atomic E-state index is -4.84. The molecule has 1 aromatic carbocycles. The maximum Gasteiger partial charge on any atom is 0.459 e. The van der Waals surface area contributed by atoms with Crippen LogP contribution in [-0.2, 0) is 0 Å². The molecule has 0 amide bonds. The predicted octanol–water partition coefficient (Wildman–Crippen LogP) is 3.76. The first kappa shape index (κ1) is 11.5. The Hall–Kier alpha value is -0.610. The van der Waals surface area contributed by atoms with Crippen molar-refractivity contribution < 1.29 is 17.9 Å². The van der Waals surface area contributed by atoms with Gasteiger partial charge < -0.3 is 4.74 Å². The lowest BCUT2D eigenvalue weighted by atomic mass is 10.3. The average molecular weight is 245 g/mol. The van der Waals surface area contributed by atoms with Crippen molar-refractivity contribution in [2.45, 2.75) is 10.7 Å². The summed E-state index contributed by atoms with van der Waals surface area (Å²) in [6, 6.07) is 7.30. The van der Waals surface area contributed by atoms with Gasteiger partial charge in [-0.3, -0.25) is 0 Å². The third-order valence-corrected chi connectivity index (χ3v) is 1.90. The van der Waals surface area contributed by atoms with E-state index in [2.05, 4.69) is 4.74 Å². The first-order valence-electron chi connectivity index (χ1n) is 3.51. The molecule has 0 N–H and O–H groups in total. The van der Waals surface area contributed by atoms with Gasteiger partial charge in [-0.05, 0) is 35.3 Å². The predicted molar refractivity (Wildman–Crippen MR) is 47.6 cm³/mol. The monoisotopic (exact) mass is 244 g/mol. The summed E-state index contributed by atoms with van der Waals surface area (Å²) in [4.78, 5) is 0. The van der Waals surface area contributed by atoms with Gasteiger partial charge in [0.05, 0.1) is 0 Å². The molecule has 0 bridgehead atoms. The van der Waals surface area contributed by atoms with Crippen LogP contribution in [-0.4, -0.2) is 10.7 Å². The Morgan fingerprint density at radius 2 is 1.50 bits per heavy atom. The minimum Gasteiger partial charge on any atom is -0.451 e. The number of rotatable bonds is 2. The standard InChI is InChI=1S/C8H5Cl2F3O/c9-7(10,8(11,12)13)14-6-4-2-1-3-5-6/h1-5H. The average Bonchev–Trinajstić information content (AvgIpc) is 2.03. The summed E-state index contributed by atoms with van der Waals surface area (Å²) in [5.74, 6) is -0.0465. The van der Waals surface area contributed by atoms with Crippen LogP contribution >= 0.6 is 23.2 Å². The number of para-hydroxylation sites is 1. The lowest BCUT2D eigenvalue weighted by molar-refractivity contribution is -0.185. The van der Waals surface area contributed by atoms with Crippen LogP contribution in [0.15, 0.2) is 30.3 Å². The topological polar surface area (TPSA) is 9.23 Å². The highest BCUT2D eigenvalue weighted by atomic mass is 35.5. The van der Waals surface area contributed by atoms with E-state index in [-0.39, 0.29) is 5.75 Å². The minimum absolute atomic E-state index is 0.0465. The highest BCUT2D eigenvalue weighted by Gasteiger charge is 2.55. The molecule has 14 heavy (non-hydrogen) atoms. The number of hydrogen-bond acceptors (Lipinski definition) is 1. The summed E-state index contributed by atoms with van der Waals surface area (Å²) >= 11 is 9.93. The fourth-order valence-electron chi connectivity index (χ4n) is 0.694. The molecule has 0 aromatic heterocycles. The van der Waals surface area contributed by atoms with Crippen LogP contribution in [0.2, 0.25) is 0 Å². The Bertz CT molecular complexity index is 297. The van der Waals surface area contributed by atoms with Crippen molar-refractivity contribution in [3.8, 4) is 5.75 Å². The fourth-order valence-corrected chi connectivity index (χ4v) is 0.873. The van der Waals surface area contributed by atoms with Gasteiger partial charge in [0, 0.05) is 0 Å². The quantitative estimate of drug-likeness (QED) is 0.720. The zero-order valence-corrected chi connectivity index (χ0v) is 8.20. The Morgan fingerprint density at radius 3 is 1.93 bits per heavy atom. The van der Waals surface area contributed by atoms with Gasteiger partial charge in [0.25, 0.3) is 0 Å². The van der Waals surface area contributed by atoms with Crippen LogP contribution in [0, 0.1) is 0 Å². The molecular weight excluding hydrogens is 240 g/mol. The summed E-state index contributed by atoms with van der Waals surface area (Å²) in [5, 5.41) is 0. The highest BCUT2D eigenvalue weighted by molar-refractivity contribution is 6.48. The smallest absolute Gasteiger partial charge is 0.451 e. The van der Waals surface area contributed by atoms with Crippen LogP contribution < -0.4 is 4.74 Å². The third-order valence-electron chi connectivity index (χ3n) is 1.32. The highest BCUT2D eigenvalue weighted by Crippen LogP contribution is 2.41. The molecule has 1 aromatic rings. The zero-order valence-electron chi connectivity index (χ0n) is 6.68. The first-order valence-corrected chi connectivity index (χ1v) is 4.27. The van der Waals surface area contributed by atoms with Gasteiger partial charge in [-0.15, -0.1) is 0 Å². The van der Waals surface area contributed by atoms with Crippen molar-refractivity contribution in [1.29, 1.82) is 0 Å². The molecule has 0 saturated carbocycles. The second-order valence-electron chi connectivity index (χ2n) is 2.43. The Morgan fingerprint density at radius 1 is 1.00 bits per heavy atom. The fraction of sp³-hybridized carbons (Fsp3) is 0.250. The number of benzene rings is 1. The van der Waals surface area contributed by atoms with Gasteiger partial charge in [0.15, 0.2) is 0 Å². The largest absolute Gasteiger partial charge is 0.459 e. The van der Waals surface area contributed by atoms with E-state index in [9.17, 15) is 13.2 Å². The zero-order chi connectivity index (χ0) is 10.8. The van der Waals surface area contributed by atoms with E-state index in [1.54, 1.807) is 6.07 Å². The van der Waals surface area contributed by atoms with Crippen LogP contribution in [0.4, 0.5) is 13.2 Å². The summed E-state index contributed by atoms with van der Waals surface area (Å²) in [6.45, 7) is 0. The van der Waals surface area contributed by atoms with Crippen molar-refractivity contribution >= 4 is 23.2 Å². The van der Waals surface area contributed by atoms with Gasteiger partial charge in [0.2, 0.25) is 0 Å². The molecule has 0 unspecified atom stereocenters. The molecule has 6 heteroatoms. The van der Waals surface area contributed by atoms with Crippen LogP contribution in [0.5, 0.6) is 5.75 Å². The number of alkyl halides is 5. The lowest BCUT2D eigenvalue weighted by Gasteiger charge is -2.23. The van der Waals surface area contributed by atoms with E-state index >= 15 is 0 Å². The summed E-state index contributed by atoms with van der Waals surface area (Å²) in [7, 11) is 0. The van der Waals surface area contributed by atoms with E-state index in [4.69, 9.17) is 23.2 Å². The molecule has 1 nitrogen and oxygen atoms in total. The van der Waals surface area contributed by atoms with Gasteiger partial charge >= 0.3 is 10.7 Å². The van der Waals surface area contributed by atoms with Crippen molar-refractivity contribution in [3.05, 3.63) is 30.3 Å².